The van der Waals surface area contributed by atoms with Gasteiger partial charge in [0, 0.05) is 5.92 Å². The van der Waals surface area contributed by atoms with E-state index in [-0.39, 0.29) is 17.3 Å². The molecule has 2 aromatic rings. The lowest BCUT2D eigenvalue weighted by molar-refractivity contribution is 0.0904. The molecule has 0 fully saturated rings. The van der Waals surface area contributed by atoms with Crippen molar-refractivity contribution in [1.29, 1.82) is 0 Å². The number of halogens is 2. The lowest BCUT2D eigenvalue weighted by Gasteiger charge is -2.23. The van der Waals surface area contributed by atoms with Gasteiger partial charge in [-0.1, -0.05) is 24.3 Å². The van der Waals surface area contributed by atoms with Gasteiger partial charge in [0.05, 0.1) is 5.56 Å². The summed E-state index contributed by atoms with van der Waals surface area (Å²) in [5.41, 5.74) is 2.25. The smallest absolute Gasteiger partial charge is 0.169 e. The molecule has 0 bridgehead atoms. The first-order chi connectivity index (χ1) is 9.65. The fourth-order valence-electron chi connectivity index (χ4n) is 2.83. The van der Waals surface area contributed by atoms with Crippen molar-refractivity contribution < 1.29 is 13.6 Å². The highest BCUT2D eigenvalue weighted by Gasteiger charge is 2.27. The molecule has 20 heavy (non-hydrogen) atoms. The zero-order valence-corrected chi connectivity index (χ0v) is 10.9. The quantitative estimate of drug-likeness (QED) is 0.756. The molecule has 0 N–H and O–H groups in total. The third-order valence-corrected chi connectivity index (χ3v) is 3.91. The van der Waals surface area contributed by atoms with Gasteiger partial charge in [0.1, 0.15) is 11.6 Å². The Balaban J connectivity index is 1.88. The van der Waals surface area contributed by atoms with Gasteiger partial charge < -0.3 is 0 Å². The molecular formula is C17H14F2O. The van der Waals surface area contributed by atoms with Crippen LogP contribution in [0.1, 0.15) is 27.9 Å². The van der Waals surface area contributed by atoms with Gasteiger partial charge in [0.15, 0.2) is 5.78 Å². The highest BCUT2D eigenvalue weighted by atomic mass is 19.1. The van der Waals surface area contributed by atoms with E-state index >= 15 is 0 Å². The maximum Gasteiger partial charge on any atom is 0.169 e. The maximum atomic E-state index is 13.7. The molecule has 3 rings (SSSR count). The number of carbonyl (C=O) groups excluding carboxylic acids is 1. The molecule has 0 aromatic heterocycles. The van der Waals surface area contributed by atoms with Gasteiger partial charge in [-0.2, -0.15) is 0 Å². The van der Waals surface area contributed by atoms with Gasteiger partial charge in [-0.15, -0.1) is 0 Å². The number of hydrogen-bond donors (Lipinski definition) is 0. The van der Waals surface area contributed by atoms with Crippen LogP contribution >= 0.6 is 0 Å². The first kappa shape index (κ1) is 13.0. The zero-order chi connectivity index (χ0) is 14.1. The molecule has 0 heterocycles. The number of ketones is 1. The van der Waals surface area contributed by atoms with Crippen LogP contribution in [-0.4, -0.2) is 5.78 Å². The van der Waals surface area contributed by atoms with Crippen LogP contribution < -0.4 is 0 Å². The Morgan fingerprint density at radius 3 is 2.60 bits per heavy atom. The molecule has 0 radical (unpaired) electrons. The first-order valence-electron chi connectivity index (χ1n) is 6.71. The van der Waals surface area contributed by atoms with E-state index in [1.165, 1.54) is 5.56 Å². The highest BCUT2D eigenvalue weighted by Crippen LogP contribution is 2.28. The number of carbonyl (C=O) groups is 1. The summed E-state index contributed by atoms with van der Waals surface area (Å²) >= 11 is 0. The third kappa shape index (κ3) is 2.36. The summed E-state index contributed by atoms with van der Waals surface area (Å²) in [4.78, 5) is 12.4. The fraction of sp³-hybridized carbons (Fsp3) is 0.235. The van der Waals surface area contributed by atoms with Crippen molar-refractivity contribution in [3.8, 4) is 0 Å². The molecule has 102 valence electrons. The van der Waals surface area contributed by atoms with Crippen LogP contribution in [0.15, 0.2) is 42.5 Å². The van der Waals surface area contributed by atoms with Gasteiger partial charge in [-0.3, -0.25) is 4.79 Å². The summed E-state index contributed by atoms with van der Waals surface area (Å²) in [6.07, 6.45) is 2.10. The molecule has 0 saturated heterocycles. The van der Waals surface area contributed by atoms with Gasteiger partial charge >= 0.3 is 0 Å². The van der Waals surface area contributed by atoms with Gasteiger partial charge in [0.25, 0.3) is 0 Å². The Labute approximate surface area is 116 Å². The SMILES string of the molecule is O=C(c1cc(F)ccc1F)C1CCc2ccccc2C1. The van der Waals surface area contributed by atoms with Crippen molar-refractivity contribution in [1.82, 2.24) is 0 Å². The largest absolute Gasteiger partial charge is 0.294 e. The number of rotatable bonds is 2. The van der Waals surface area contributed by atoms with E-state index in [1.54, 1.807) is 0 Å². The molecule has 0 saturated carbocycles. The van der Waals surface area contributed by atoms with Gasteiger partial charge in [0.2, 0.25) is 0 Å². The number of hydrogen-bond acceptors (Lipinski definition) is 1. The predicted molar refractivity (Wildman–Crippen MR) is 72.6 cm³/mol. The molecule has 2 aromatic carbocycles. The Kier molecular flexibility index (Phi) is 3.35. The van der Waals surface area contributed by atoms with Crippen LogP contribution in [-0.2, 0) is 12.8 Å². The van der Waals surface area contributed by atoms with Crippen molar-refractivity contribution in [3.63, 3.8) is 0 Å². The van der Waals surface area contributed by atoms with Crippen LogP contribution in [0.2, 0.25) is 0 Å². The maximum absolute atomic E-state index is 13.7. The Hall–Kier alpha value is -2.03. The molecule has 1 nitrogen and oxygen atoms in total. The van der Waals surface area contributed by atoms with E-state index in [0.717, 1.165) is 30.2 Å². The van der Waals surface area contributed by atoms with Crippen molar-refractivity contribution in [2.45, 2.75) is 19.3 Å². The Morgan fingerprint density at radius 1 is 1.05 bits per heavy atom. The molecule has 0 aliphatic heterocycles. The summed E-state index contributed by atoms with van der Waals surface area (Å²) in [5.74, 6) is -1.78. The van der Waals surface area contributed by atoms with E-state index in [4.69, 9.17) is 0 Å². The Morgan fingerprint density at radius 2 is 1.80 bits per heavy atom. The number of benzene rings is 2. The molecular weight excluding hydrogens is 258 g/mol. The normalized spacial score (nSPS) is 17.6. The summed E-state index contributed by atoms with van der Waals surface area (Å²) in [6.45, 7) is 0. The average Bonchev–Trinajstić information content (AvgIpc) is 2.48. The van der Waals surface area contributed by atoms with Crippen LogP contribution in [0, 0.1) is 17.6 Å². The fourth-order valence-corrected chi connectivity index (χ4v) is 2.83. The Bertz CT molecular complexity index is 664. The van der Waals surface area contributed by atoms with Crippen molar-refractivity contribution in [3.05, 3.63) is 70.8 Å². The highest BCUT2D eigenvalue weighted by molar-refractivity contribution is 5.98. The molecule has 0 amide bonds. The monoisotopic (exact) mass is 272 g/mol. The second-order valence-electron chi connectivity index (χ2n) is 5.20. The summed E-state index contributed by atoms with van der Waals surface area (Å²) < 4.78 is 26.9. The van der Waals surface area contributed by atoms with Crippen molar-refractivity contribution >= 4 is 5.78 Å². The molecule has 1 aliphatic carbocycles. The minimum absolute atomic E-state index is 0.130. The standard InChI is InChI=1S/C17H14F2O/c18-14-7-8-16(19)15(10-14)17(20)13-6-5-11-3-1-2-4-12(11)9-13/h1-4,7-8,10,13H,5-6,9H2. The molecule has 1 atom stereocenters. The first-order valence-corrected chi connectivity index (χ1v) is 6.71. The molecule has 0 spiro atoms. The van der Waals surface area contributed by atoms with Crippen molar-refractivity contribution in [2.24, 2.45) is 5.92 Å². The minimum Gasteiger partial charge on any atom is -0.294 e. The summed E-state index contributed by atoms with van der Waals surface area (Å²) in [6, 6.07) is 11.0. The van der Waals surface area contributed by atoms with Crippen LogP contribution in [0.4, 0.5) is 8.78 Å². The third-order valence-electron chi connectivity index (χ3n) is 3.91. The topological polar surface area (TPSA) is 17.1 Å². The van der Waals surface area contributed by atoms with E-state index < -0.39 is 11.6 Å². The van der Waals surface area contributed by atoms with E-state index in [2.05, 4.69) is 6.07 Å². The van der Waals surface area contributed by atoms with E-state index in [0.29, 0.717) is 12.8 Å². The van der Waals surface area contributed by atoms with Crippen molar-refractivity contribution in [2.75, 3.05) is 0 Å². The van der Waals surface area contributed by atoms with Crippen LogP contribution in [0.5, 0.6) is 0 Å². The van der Waals surface area contributed by atoms with Crippen LogP contribution in [0.25, 0.3) is 0 Å². The second-order valence-corrected chi connectivity index (χ2v) is 5.20. The van der Waals surface area contributed by atoms with Crippen LogP contribution in [0.3, 0.4) is 0 Å². The number of Topliss-reactive ketones (excluding diaryl/α,β-unsaturated/α-hetero) is 1. The lowest BCUT2D eigenvalue weighted by atomic mass is 9.80. The summed E-state index contributed by atoms with van der Waals surface area (Å²) in [7, 11) is 0. The summed E-state index contributed by atoms with van der Waals surface area (Å²) in [5, 5.41) is 0. The molecule has 1 aliphatic rings. The molecule has 1 unspecified atom stereocenters. The van der Waals surface area contributed by atoms with Gasteiger partial charge in [-0.25, -0.2) is 8.78 Å². The van der Waals surface area contributed by atoms with E-state index in [1.807, 2.05) is 18.2 Å². The number of fused-ring (bicyclic) bond motifs is 1. The zero-order valence-electron chi connectivity index (χ0n) is 10.9. The second kappa shape index (κ2) is 5.16. The molecule has 3 heteroatoms. The van der Waals surface area contributed by atoms with Gasteiger partial charge in [-0.05, 0) is 48.6 Å². The minimum atomic E-state index is -0.643. The average molecular weight is 272 g/mol. The van der Waals surface area contributed by atoms with E-state index in [9.17, 15) is 13.6 Å². The predicted octanol–water partition coefficient (Wildman–Crippen LogP) is 3.95. The number of aryl methyl sites for hydroxylation is 1. The lowest BCUT2D eigenvalue weighted by Crippen LogP contribution is -2.23.